The Morgan fingerprint density at radius 3 is 2.73 bits per heavy atom. The van der Waals surface area contributed by atoms with Gasteiger partial charge in [-0.25, -0.2) is 0 Å². The fourth-order valence-electron chi connectivity index (χ4n) is 3.12. The van der Waals surface area contributed by atoms with Gasteiger partial charge in [0.1, 0.15) is 11.8 Å². The molecule has 0 spiro atoms. The number of aromatic hydroxyl groups is 1. The molecule has 0 saturated carbocycles. The number of rotatable bonds is 5. The summed E-state index contributed by atoms with van der Waals surface area (Å²) in [7, 11) is 0. The van der Waals surface area contributed by atoms with E-state index in [1.165, 1.54) is 6.07 Å². The fraction of sp³-hybridized carbons (Fsp3) is 0.562. The highest BCUT2D eigenvalue weighted by Crippen LogP contribution is 2.31. The maximum Gasteiger partial charge on any atom is 0.325 e. The second-order valence-corrected chi connectivity index (χ2v) is 6.25. The average Bonchev–Trinajstić information content (AvgIpc) is 2.45. The Bertz CT molecular complexity index is 538. The third-order valence-corrected chi connectivity index (χ3v) is 4.46. The first-order chi connectivity index (χ1) is 10.4. The summed E-state index contributed by atoms with van der Waals surface area (Å²) >= 11 is 5.93. The highest BCUT2D eigenvalue weighted by Gasteiger charge is 2.34. The van der Waals surface area contributed by atoms with E-state index in [0.717, 1.165) is 26.1 Å². The van der Waals surface area contributed by atoms with Crippen LogP contribution in [-0.4, -0.2) is 58.2 Å². The van der Waals surface area contributed by atoms with E-state index in [9.17, 15) is 15.0 Å². The maximum absolute atomic E-state index is 11.8. The molecule has 2 N–H and O–H groups in total. The van der Waals surface area contributed by atoms with Gasteiger partial charge in [-0.2, -0.15) is 0 Å². The number of aliphatic carboxylic acids is 1. The molecule has 0 amide bonds. The Morgan fingerprint density at radius 1 is 1.45 bits per heavy atom. The van der Waals surface area contributed by atoms with E-state index in [0.29, 0.717) is 12.1 Å². The first-order valence-corrected chi connectivity index (χ1v) is 8.01. The standard InChI is InChI=1S/C16H23ClN2O3/c1-3-6-18-7-8-19(11(2)10-18)15(16(21)22)12-4-5-14(20)13(17)9-12/h4-5,9,11,15,20H,3,6-8,10H2,1-2H3,(H,21,22). The summed E-state index contributed by atoms with van der Waals surface area (Å²) in [6.45, 7) is 7.68. The Kier molecular flexibility index (Phi) is 5.67. The third-order valence-electron chi connectivity index (χ3n) is 4.16. The summed E-state index contributed by atoms with van der Waals surface area (Å²) in [5.41, 5.74) is 0.603. The molecule has 2 rings (SSSR count). The van der Waals surface area contributed by atoms with E-state index < -0.39 is 12.0 Å². The normalized spacial score (nSPS) is 21.7. The third kappa shape index (κ3) is 3.72. The van der Waals surface area contributed by atoms with E-state index in [2.05, 4.69) is 18.7 Å². The summed E-state index contributed by atoms with van der Waals surface area (Å²) < 4.78 is 0. The topological polar surface area (TPSA) is 64.0 Å². The van der Waals surface area contributed by atoms with Crippen LogP contribution in [0.5, 0.6) is 5.75 Å². The monoisotopic (exact) mass is 326 g/mol. The van der Waals surface area contributed by atoms with E-state index in [4.69, 9.17) is 11.6 Å². The first kappa shape index (κ1) is 17.1. The van der Waals surface area contributed by atoms with Crippen LogP contribution in [0.1, 0.15) is 31.9 Å². The molecule has 1 saturated heterocycles. The number of halogens is 1. The molecular weight excluding hydrogens is 304 g/mol. The SMILES string of the molecule is CCCN1CCN(C(C(=O)O)c2ccc(O)c(Cl)c2)C(C)C1. The summed E-state index contributed by atoms with van der Waals surface area (Å²) in [5, 5.41) is 19.4. The molecule has 1 aromatic carbocycles. The minimum atomic E-state index is -0.891. The van der Waals surface area contributed by atoms with Crippen molar-refractivity contribution >= 4 is 17.6 Å². The fourth-order valence-corrected chi connectivity index (χ4v) is 3.31. The van der Waals surface area contributed by atoms with E-state index in [1.54, 1.807) is 12.1 Å². The summed E-state index contributed by atoms with van der Waals surface area (Å²) in [6.07, 6.45) is 1.10. The van der Waals surface area contributed by atoms with Crippen LogP contribution in [0.15, 0.2) is 18.2 Å². The highest BCUT2D eigenvalue weighted by atomic mass is 35.5. The van der Waals surface area contributed by atoms with Crippen molar-refractivity contribution in [2.45, 2.75) is 32.4 Å². The van der Waals surface area contributed by atoms with E-state index >= 15 is 0 Å². The molecule has 5 nitrogen and oxygen atoms in total. The zero-order valence-corrected chi connectivity index (χ0v) is 13.8. The van der Waals surface area contributed by atoms with Crippen molar-refractivity contribution in [1.29, 1.82) is 0 Å². The molecule has 0 radical (unpaired) electrons. The summed E-state index contributed by atoms with van der Waals surface area (Å²) in [5.74, 6) is -0.923. The molecule has 1 aromatic rings. The predicted molar refractivity (Wildman–Crippen MR) is 86.4 cm³/mol. The quantitative estimate of drug-likeness (QED) is 0.870. The number of carboxylic acids is 1. The number of benzene rings is 1. The lowest BCUT2D eigenvalue weighted by Gasteiger charge is -2.42. The molecular formula is C16H23ClN2O3. The van der Waals surface area contributed by atoms with Crippen LogP contribution in [0.2, 0.25) is 5.02 Å². The molecule has 22 heavy (non-hydrogen) atoms. The predicted octanol–water partition coefficient (Wildman–Crippen LogP) is 2.59. The van der Waals surface area contributed by atoms with Gasteiger partial charge in [-0.05, 0) is 37.6 Å². The minimum Gasteiger partial charge on any atom is -0.506 e. The first-order valence-electron chi connectivity index (χ1n) is 7.63. The lowest BCUT2D eigenvalue weighted by molar-refractivity contribution is -0.145. The Morgan fingerprint density at radius 2 is 2.18 bits per heavy atom. The van der Waals surface area contributed by atoms with Crippen molar-refractivity contribution in [3.8, 4) is 5.75 Å². The molecule has 6 heteroatoms. The molecule has 0 bridgehead atoms. The lowest BCUT2D eigenvalue weighted by atomic mass is 10.0. The number of hydrogen-bond acceptors (Lipinski definition) is 4. The number of piperazine rings is 1. The van der Waals surface area contributed by atoms with Crippen LogP contribution >= 0.6 is 11.6 Å². The molecule has 0 aromatic heterocycles. The Labute approximate surface area is 136 Å². The van der Waals surface area contributed by atoms with Gasteiger partial charge in [-0.3, -0.25) is 9.69 Å². The van der Waals surface area contributed by atoms with Crippen LogP contribution < -0.4 is 0 Å². The van der Waals surface area contributed by atoms with Crippen LogP contribution in [0.4, 0.5) is 0 Å². The van der Waals surface area contributed by atoms with E-state index in [-0.39, 0.29) is 16.8 Å². The van der Waals surface area contributed by atoms with Crippen LogP contribution in [-0.2, 0) is 4.79 Å². The second kappa shape index (κ2) is 7.31. The molecule has 1 aliphatic heterocycles. The van der Waals surface area contributed by atoms with Crippen molar-refractivity contribution in [2.24, 2.45) is 0 Å². The molecule has 2 atom stereocenters. The summed E-state index contributed by atoms with van der Waals surface area (Å²) in [6, 6.07) is 4.03. The largest absolute Gasteiger partial charge is 0.506 e. The number of carbonyl (C=O) groups is 1. The van der Waals surface area contributed by atoms with Gasteiger partial charge < -0.3 is 15.1 Å². The van der Waals surface area contributed by atoms with Gasteiger partial charge in [0.15, 0.2) is 0 Å². The molecule has 1 aliphatic rings. The van der Waals surface area contributed by atoms with Gasteiger partial charge in [-0.1, -0.05) is 24.6 Å². The highest BCUT2D eigenvalue weighted by molar-refractivity contribution is 6.32. The number of phenols is 1. The number of hydrogen-bond donors (Lipinski definition) is 2. The molecule has 0 aliphatic carbocycles. The van der Waals surface area contributed by atoms with Gasteiger partial charge in [-0.15, -0.1) is 0 Å². The van der Waals surface area contributed by atoms with Crippen molar-refractivity contribution in [2.75, 3.05) is 26.2 Å². The molecule has 2 unspecified atom stereocenters. The second-order valence-electron chi connectivity index (χ2n) is 5.84. The van der Waals surface area contributed by atoms with Crippen LogP contribution in [0, 0.1) is 0 Å². The molecule has 1 heterocycles. The number of carboxylic acid groups (broad SMARTS) is 1. The van der Waals surface area contributed by atoms with Crippen molar-refractivity contribution in [1.82, 2.24) is 9.80 Å². The van der Waals surface area contributed by atoms with E-state index in [1.807, 2.05) is 4.90 Å². The molecule has 122 valence electrons. The zero-order valence-electron chi connectivity index (χ0n) is 13.0. The van der Waals surface area contributed by atoms with Crippen LogP contribution in [0.25, 0.3) is 0 Å². The smallest absolute Gasteiger partial charge is 0.325 e. The Balaban J connectivity index is 2.21. The number of phenolic OH excluding ortho intramolecular Hbond substituents is 1. The summed E-state index contributed by atoms with van der Waals surface area (Å²) in [4.78, 5) is 16.1. The van der Waals surface area contributed by atoms with Crippen molar-refractivity contribution < 1.29 is 15.0 Å². The Hall–Kier alpha value is -1.30. The van der Waals surface area contributed by atoms with Crippen LogP contribution in [0.3, 0.4) is 0 Å². The van der Waals surface area contributed by atoms with Gasteiger partial charge in [0.25, 0.3) is 0 Å². The maximum atomic E-state index is 11.8. The van der Waals surface area contributed by atoms with Gasteiger partial charge in [0, 0.05) is 25.7 Å². The van der Waals surface area contributed by atoms with Gasteiger partial charge in [0.05, 0.1) is 5.02 Å². The van der Waals surface area contributed by atoms with Gasteiger partial charge >= 0.3 is 5.97 Å². The van der Waals surface area contributed by atoms with Gasteiger partial charge in [0.2, 0.25) is 0 Å². The average molecular weight is 327 g/mol. The zero-order chi connectivity index (χ0) is 16.3. The minimum absolute atomic E-state index is 0.0321. The number of nitrogens with zero attached hydrogens (tertiary/aromatic N) is 2. The van der Waals surface area contributed by atoms with Crippen molar-refractivity contribution in [3.63, 3.8) is 0 Å². The van der Waals surface area contributed by atoms with Crippen molar-refractivity contribution in [3.05, 3.63) is 28.8 Å². The molecule has 1 fully saturated rings. The lowest BCUT2D eigenvalue weighted by Crippen LogP contribution is -2.54.